The fourth-order valence-corrected chi connectivity index (χ4v) is 1.75. The van der Waals surface area contributed by atoms with Gasteiger partial charge < -0.3 is 11.1 Å². The van der Waals surface area contributed by atoms with Crippen LogP contribution in [0.4, 0.5) is 0 Å². The van der Waals surface area contributed by atoms with Crippen molar-refractivity contribution in [2.24, 2.45) is 11.7 Å². The third-order valence-electron chi connectivity index (χ3n) is 2.05. The Morgan fingerprint density at radius 1 is 1.71 bits per heavy atom. The van der Waals surface area contributed by atoms with Crippen molar-refractivity contribution in [1.82, 2.24) is 5.32 Å². The zero-order valence-electron chi connectivity index (χ0n) is 8.32. The largest absolute Gasteiger partial charge is 0.355 e. The highest BCUT2D eigenvalue weighted by molar-refractivity contribution is 7.09. The first-order chi connectivity index (χ1) is 6.74. The molecule has 0 spiro atoms. The number of hydrogen-bond donors (Lipinski definition) is 2. The molecule has 0 bridgehead atoms. The van der Waals surface area contributed by atoms with E-state index in [4.69, 9.17) is 5.73 Å². The summed E-state index contributed by atoms with van der Waals surface area (Å²) in [5.74, 6) is -0.0395. The Morgan fingerprint density at radius 3 is 3.07 bits per heavy atom. The molecule has 0 aliphatic rings. The van der Waals surface area contributed by atoms with Crippen LogP contribution in [0.3, 0.4) is 0 Å². The predicted octanol–water partition coefficient (Wildman–Crippen LogP) is 1.00. The number of carbonyl (C=O) groups excluding carboxylic acids is 1. The molecule has 3 N–H and O–H groups in total. The van der Waals surface area contributed by atoms with Gasteiger partial charge in [0.15, 0.2) is 0 Å². The Morgan fingerprint density at radius 2 is 2.50 bits per heavy atom. The van der Waals surface area contributed by atoms with Gasteiger partial charge in [0.1, 0.15) is 0 Å². The van der Waals surface area contributed by atoms with Crippen LogP contribution in [0.25, 0.3) is 0 Å². The average molecular weight is 212 g/mol. The van der Waals surface area contributed by atoms with E-state index in [9.17, 15) is 4.79 Å². The summed E-state index contributed by atoms with van der Waals surface area (Å²) in [6.45, 7) is 2.94. The van der Waals surface area contributed by atoms with E-state index < -0.39 is 0 Å². The van der Waals surface area contributed by atoms with Crippen LogP contribution in [0, 0.1) is 5.92 Å². The number of thiophene rings is 1. The van der Waals surface area contributed by atoms with Crippen molar-refractivity contribution in [2.75, 3.05) is 13.1 Å². The Hall–Kier alpha value is -0.870. The minimum absolute atomic E-state index is 0.0454. The van der Waals surface area contributed by atoms with E-state index in [1.807, 2.05) is 18.4 Å². The number of hydrogen-bond acceptors (Lipinski definition) is 3. The second kappa shape index (κ2) is 5.78. The van der Waals surface area contributed by atoms with Crippen molar-refractivity contribution in [2.45, 2.75) is 13.3 Å². The van der Waals surface area contributed by atoms with Crippen LogP contribution in [0.5, 0.6) is 0 Å². The SMILES string of the molecule is CC(CN)C(=O)NCCc1cccs1. The number of nitrogens with one attached hydrogen (secondary N) is 1. The molecule has 0 saturated carbocycles. The van der Waals surface area contributed by atoms with Crippen LogP contribution in [0.15, 0.2) is 17.5 Å². The first-order valence-corrected chi connectivity index (χ1v) is 5.62. The number of rotatable bonds is 5. The molecule has 0 saturated heterocycles. The van der Waals surface area contributed by atoms with Crippen LogP contribution in [0.2, 0.25) is 0 Å². The molecule has 1 heterocycles. The van der Waals surface area contributed by atoms with Crippen molar-refractivity contribution < 1.29 is 4.79 Å². The molecular weight excluding hydrogens is 196 g/mol. The third-order valence-corrected chi connectivity index (χ3v) is 2.99. The minimum atomic E-state index is -0.0849. The second-order valence-corrected chi connectivity index (χ2v) is 4.29. The molecule has 1 atom stereocenters. The van der Waals surface area contributed by atoms with Gasteiger partial charge in [-0.2, -0.15) is 0 Å². The molecule has 0 aliphatic heterocycles. The van der Waals surface area contributed by atoms with Gasteiger partial charge in [0.25, 0.3) is 0 Å². The summed E-state index contributed by atoms with van der Waals surface area (Å²) in [4.78, 5) is 12.6. The van der Waals surface area contributed by atoms with Crippen LogP contribution in [-0.2, 0) is 11.2 Å². The summed E-state index contributed by atoms with van der Waals surface area (Å²) in [7, 11) is 0. The van der Waals surface area contributed by atoms with E-state index in [1.165, 1.54) is 4.88 Å². The Kier molecular flexibility index (Phi) is 4.62. The van der Waals surface area contributed by atoms with E-state index in [0.717, 1.165) is 6.42 Å². The molecule has 1 aromatic rings. The standard InChI is InChI=1S/C10H16N2OS/c1-8(7-11)10(13)12-5-4-9-3-2-6-14-9/h2-3,6,8H,4-5,7,11H2,1H3,(H,12,13). The summed E-state index contributed by atoms with van der Waals surface area (Å²) in [6.07, 6.45) is 0.903. The topological polar surface area (TPSA) is 55.1 Å². The van der Waals surface area contributed by atoms with Gasteiger partial charge in [-0.1, -0.05) is 13.0 Å². The van der Waals surface area contributed by atoms with E-state index in [0.29, 0.717) is 13.1 Å². The van der Waals surface area contributed by atoms with Gasteiger partial charge in [-0.25, -0.2) is 0 Å². The lowest BCUT2D eigenvalue weighted by atomic mass is 10.1. The van der Waals surface area contributed by atoms with E-state index >= 15 is 0 Å². The van der Waals surface area contributed by atoms with Crippen LogP contribution < -0.4 is 11.1 Å². The summed E-state index contributed by atoms with van der Waals surface area (Å²) in [5.41, 5.74) is 5.38. The van der Waals surface area contributed by atoms with Crippen molar-refractivity contribution in [1.29, 1.82) is 0 Å². The monoisotopic (exact) mass is 212 g/mol. The number of nitrogens with two attached hydrogens (primary N) is 1. The highest BCUT2D eigenvalue weighted by Gasteiger charge is 2.09. The van der Waals surface area contributed by atoms with Gasteiger partial charge in [0.05, 0.1) is 0 Å². The Labute approximate surface area is 88.3 Å². The van der Waals surface area contributed by atoms with E-state index in [1.54, 1.807) is 11.3 Å². The highest BCUT2D eigenvalue weighted by Crippen LogP contribution is 2.08. The summed E-state index contributed by atoms with van der Waals surface area (Å²) < 4.78 is 0. The summed E-state index contributed by atoms with van der Waals surface area (Å²) >= 11 is 1.71. The molecule has 0 aromatic carbocycles. The fourth-order valence-electron chi connectivity index (χ4n) is 1.04. The molecule has 1 rings (SSSR count). The zero-order chi connectivity index (χ0) is 10.4. The van der Waals surface area contributed by atoms with Crippen molar-refractivity contribution in [3.05, 3.63) is 22.4 Å². The van der Waals surface area contributed by atoms with Crippen LogP contribution >= 0.6 is 11.3 Å². The lowest BCUT2D eigenvalue weighted by Crippen LogP contribution is -2.34. The minimum Gasteiger partial charge on any atom is -0.355 e. The number of amides is 1. The molecular formula is C10H16N2OS. The molecule has 4 heteroatoms. The lowest BCUT2D eigenvalue weighted by Gasteiger charge is -2.08. The zero-order valence-corrected chi connectivity index (χ0v) is 9.14. The molecule has 1 amide bonds. The van der Waals surface area contributed by atoms with E-state index in [-0.39, 0.29) is 11.8 Å². The van der Waals surface area contributed by atoms with Gasteiger partial charge in [-0.05, 0) is 17.9 Å². The van der Waals surface area contributed by atoms with Gasteiger partial charge in [0, 0.05) is 23.9 Å². The molecule has 14 heavy (non-hydrogen) atoms. The molecule has 3 nitrogen and oxygen atoms in total. The maximum atomic E-state index is 11.3. The van der Waals surface area contributed by atoms with Gasteiger partial charge in [-0.15, -0.1) is 11.3 Å². The maximum Gasteiger partial charge on any atom is 0.224 e. The van der Waals surface area contributed by atoms with Crippen molar-refractivity contribution >= 4 is 17.2 Å². The lowest BCUT2D eigenvalue weighted by molar-refractivity contribution is -0.124. The predicted molar refractivity (Wildman–Crippen MR) is 59.3 cm³/mol. The summed E-state index contributed by atoms with van der Waals surface area (Å²) in [5, 5.41) is 4.90. The molecule has 0 fully saturated rings. The number of carbonyl (C=O) groups is 1. The average Bonchev–Trinajstić information content (AvgIpc) is 2.69. The normalized spacial score (nSPS) is 12.4. The van der Waals surface area contributed by atoms with Gasteiger partial charge in [-0.3, -0.25) is 4.79 Å². The first-order valence-electron chi connectivity index (χ1n) is 4.74. The Balaban J connectivity index is 2.18. The van der Waals surface area contributed by atoms with Crippen LogP contribution in [0.1, 0.15) is 11.8 Å². The summed E-state index contributed by atoms with van der Waals surface area (Å²) in [6, 6.07) is 4.09. The van der Waals surface area contributed by atoms with Gasteiger partial charge >= 0.3 is 0 Å². The molecule has 78 valence electrons. The maximum absolute atomic E-state index is 11.3. The second-order valence-electron chi connectivity index (χ2n) is 3.26. The van der Waals surface area contributed by atoms with Crippen molar-refractivity contribution in [3.63, 3.8) is 0 Å². The smallest absolute Gasteiger partial charge is 0.224 e. The molecule has 1 unspecified atom stereocenters. The van der Waals surface area contributed by atoms with Crippen molar-refractivity contribution in [3.8, 4) is 0 Å². The van der Waals surface area contributed by atoms with Gasteiger partial charge in [0.2, 0.25) is 5.91 Å². The Bertz CT molecular complexity index is 272. The molecule has 0 radical (unpaired) electrons. The molecule has 1 aromatic heterocycles. The highest BCUT2D eigenvalue weighted by atomic mass is 32.1. The fraction of sp³-hybridized carbons (Fsp3) is 0.500. The third kappa shape index (κ3) is 3.47. The quantitative estimate of drug-likeness (QED) is 0.765. The van der Waals surface area contributed by atoms with Crippen LogP contribution in [-0.4, -0.2) is 19.0 Å². The van der Waals surface area contributed by atoms with E-state index in [2.05, 4.69) is 11.4 Å². The molecule has 0 aliphatic carbocycles. The first kappa shape index (κ1) is 11.2.